The molecule has 0 aliphatic carbocycles. The fourth-order valence-corrected chi connectivity index (χ4v) is 9.90. The quantitative estimate of drug-likeness (QED) is 0.0578. The highest BCUT2D eigenvalue weighted by Gasteiger charge is 2.37. The first-order chi connectivity index (χ1) is 35.3. The molecule has 10 rings (SSSR count). The molecule has 6 aromatic rings. The van der Waals surface area contributed by atoms with Gasteiger partial charge >= 0.3 is 0 Å². The number of aromatic nitrogens is 4. The van der Waals surface area contributed by atoms with Gasteiger partial charge in [0.1, 0.15) is 57.7 Å². The highest BCUT2D eigenvalue weighted by atomic mass is 35.5. The van der Waals surface area contributed by atoms with Gasteiger partial charge in [0.25, 0.3) is 11.8 Å². The van der Waals surface area contributed by atoms with Crippen molar-refractivity contribution >= 4 is 34.6 Å². The summed E-state index contributed by atoms with van der Waals surface area (Å²) in [6.07, 6.45) is 8.23. The van der Waals surface area contributed by atoms with Crippen LogP contribution in [0.25, 0.3) is 22.5 Å². The number of carbonyl (C=O) groups is 4. The number of likely N-dealkylation sites (tertiary alicyclic amines) is 1. The number of nitrogens with one attached hydrogen (secondary N) is 3. The summed E-state index contributed by atoms with van der Waals surface area (Å²) in [6, 6.07) is 26.2. The van der Waals surface area contributed by atoms with Crippen molar-refractivity contribution in [2.75, 3.05) is 50.1 Å². The molecule has 73 heavy (non-hydrogen) atoms. The van der Waals surface area contributed by atoms with Crippen molar-refractivity contribution in [3.05, 3.63) is 157 Å². The topological polar surface area (TPSA) is 214 Å². The number of halogens is 3. The van der Waals surface area contributed by atoms with Gasteiger partial charge in [0.15, 0.2) is 11.4 Å². The summed E-state index contributed by atoms with van der Waals surface area (Å²) < 4.78 is 41.4. The first-order valence-electron chi connectivity index (χ1n) is 24.2. The normalized spacial score (nSPS) is 17.3. The first-order valence-corrected chi connectivity index (χ1v) is 24.5. The summed E-state index contributed by atoms with van der Waals surface area (Å²) in [7, 11) is 0. The Labute approximate surface area is 426 Å². The Morgan fingerprint density at radius 1 is 0.575 bits per heavy atom. The molecule has 0 radical (unpaired) electrons. The van der Waals surface area contributed by atoms with E-state index in [2.05, 4.69) is 29.3 Å². The molecule has 0 saturated carbocycles. The highest BCUT2D eigenvalue weighted by molar-refractivity contribution is 6.66. The predicted octanol–water partition coefficient (Wildman–Crippen LogP) is 8.58. The molecule has 2 fully saturated rings. The molecule has 2 unspecified atom stereocenters. The minimum Gasteiger partial charge on any atom is -0.457 e. The molecular weight excluding hydrogens is 958 g/mol. The van der Waals surface area contributed by atoms with E-state index >= 15 is 0 Å². The maximum Gasteiger partial charge on any atom is 0.269 e. The molecule has 7 N–H and O–H groups in total. The van der Waals surface area contributed by atoms with E-state index in [9.17, 15) is 28.0 Å². The number of imidazole rings is 2. The van der Waals surface area contributed by atoms with E-state index in [0.29, 0.717) is 83.2 Å². The molecule has 2 saturated heterocycles. The lowest BCUT2D eigenvalue weighted by Crippen LogP contribution is -2.41. The number of primary amides is 2. The first kappa shape index (κ1) is 51.5. The van der Waals surface area contributed by atoms with Crippen LogP contribution in [0.3, 0.4) is 0 Å². The predicted molar refractivity (Wildman–Crippen MR) is 275 cm³/mol. The number of piperidine rings is 2. The zero-order valence-electron chi connectivity index (χ0n) is 40.1. The lowest BCUT2D eigenvalue weighted by molar-refractivity contribution is -0.127. The molecule has 6 heterocycles. The second-order valence-electron chi connectivity index (χ2n) is 18.0. The SMILES string of the molecule is C=CC(=O)Cl.C=CC(=O)N1CCC(C2CCNn3c2nc(-c2ccc(Oc4ccc(F)cc4)cc2)c3C(N)=O)CC1.NC(=O)c1c(-c2ccc(Oc3ccc(F)cc3)cc2)nc2n1NCCC2C1CCNCC1. The Kier molecular flexibility index (Phi) is 16.7. The number of hydrogen-bond acceptors (Lipinski definition) is 11. The molecule has 2 aromatic heterocycles. The number of rotatable bonds is 12. The van der Waals surface area contributed by atoms with Gasteiger partial charge in [-0.3, -0.25) is 19.2 Å². The zero-order valence-corrected chi connectivity index (χ0v) is 40.8. The lowest BCUT2D eigenvalue weighted by atomic mass is 9.81. The van der Waals surface area contributed by atoms with E-state index in [1.165, 1.54) is 30.3 Å². The Balaban J connectivity index is 0.000000179. The Morgan fingerprint density at radius 2 is 0.945 bits per heavy atom. The fourth-order valence-electron chi connectivity index (χ4n) is 9.90. The molecule has 2 atom stereocenters. The molecule has 4 aliphatic heterocycles. The number of allylic oxidation sites excluding steroid dienone is 1. The minimum atomic E-state index is -0.560. The molecule has 19 heteroatoms. The van der Waals surface area contributed by atoms with Crippen molar-refractivity contribution in [2.24, 2.45) is 23.3 Å². The summed E-state index contributed by atoms with van der Waals surface area (Å²) >= 11 is 4.71. The van der Waals surface area contributed by atoms with E-state index in [-0.39, 0.29) is 23.5 Å². The average Bonchev–Trinajstić information content (AvgIpc) is 4.01. The molecule has 16 nitrogen and oxygen atoms in total. The average molecular weight is 1020 g/mol. The van der Waals surface area contributed by atoms with Gasteiger partial charge in [-0.1, -0.05) is 13.2 Å². The molecule has 0 spiro atoms. The third kappa shape index (κ3) is 12.3. The second kappa shape index (κ2) is 23.6. The maximum absolute atomic E-state index is 13.2. The Morgan fingerprint density at radius 3 is 1.30 bits per heavy atom. The fraction of sp³-hybridized carbons (Fsp3) is 0.296. The number of amides is 3. The van der Waals surface area contributed by atoms with Crippen LogP contribution in [-0.4, -0.2) is 86.5 Å². The molecular formula is C54H57ClF2N10O6. The highest BCUT2D eigenvalue weighted by Crippen LogP contribution is 2.41. The summed E-state index contributed by atoms with van der Waals surface area (Å²) in [5.74, 6) is 3.52. The van der Waals surface area contributed by atoms with Crippen molar-refractivity contribution in [3.63, 3.8) is 0 Å². The second-order valence-corrected chi connectivity index (χ2v) is 18.3. The van der Waals surface area contributed by atoms with Gasteiger partial charge in [0.05, 0.1) is 0 Å². The van der Waals surface area contributed by atoms with E-state index in [0.717, 1.165) is 87.0 Å². The van der Waals surface area contributed by atoms with Gasteiger partial charge < -0.3 is 42.0 Å². The van der Waals surface area contributed by atoms with Crippen molar-refractivity contribution in [3.8, 4) is 45.5 Å². The standard InChI is InChI=1S/C27H28FN5O3.C24H26FN5O2.C3H3ClO/c1-2-23(34)32-15-12-17(13-16-32)22-11-14-30-33-25(26(29)35)24(31-27(22)33)18-3-7-20(8-4-18)36-21-9-5-19(28)6-10-21;25-17-3-7-19(8-4-17)32-18-5-1-16(2-6-18)21-22(23(26)31)30-24(29-21)20(11-14-28-30)15-9-12-27-13-10-15;1-2-3(4)5/h2-10,17,22,30H,1,11-16H2,(H2,29,35);1-8,15,20,27-28H,9-14H2,(H2,26,31);2H,1H2. The minimum absolute atomic E-state index is 0.0367. The maximum atomic E-state index is 13.2. The molecule has 4 aromatic carbocycles. The van der Waals surface area contributed by atoms with Crippen molar-refractivity contribution in [1.82, 2.24) is 29.5 Å². The summed E-state index contributed by atoms with van der Waals surface area (Å²) in [5.41, 5.74) is 21.5. The summed E-state index contributed by atoms with van der Waals surface area (Å²) in [4.78, 5) is 58.0. The number of carbonyl (C=O) groups excluding carboxylic acids is 4. The van der Waals surface area contributed by atoms with Crippen LogP contribution in [0.1, 0.15) is 83.0 Å². The number of benzene rings is 4. The third-order valence-electron chi connectivity index (χ3n) is 13.4. The number of nitrogens with two attached hydrogens (primary N) is 2. The zero-order chi connectivity index (χ0) is 51.6. The van der Waals surface area contributed by atoms with Crippen LogP contribution in [0.4, 0.5) is 8.78 Å². The van der Waals surface area contributed by atoms with Gasteiger partial charge in [-0.25, -0.2) is 28.1 Å². The Bertz CT molecular complexity index is 2930. The molecule has 4 aliphatic rings. The van der Waals surface area contributed by atoms with Crippen LogP contribution in [0.15, 0.2) is 122 Å². The monoisotopic (exact) mass is 1010 g/mol. The van der Waals surface area contributed by atoms with Gasteiger partial charge in [-0.2, -0.15) is 0 Å². The van der Waals surface area contributed by atoms with Crippen molar-refractivity contribution in [2.45, 2.75) is 50.4 Å². The van der Waals surface area contributed by atoms with E-state index < -0.39 is 17.1 Å². The van der Waals surface area contributed by atoms with E-state index in [4.69, 9.17) is 42.5 Å². The van der Waals surface area contributed by atoms with Crippen molar-refractivity contribution < 1.29 is 37.4 Å². The summed E-state index contributed by atoms with van der Waals surface area (Å²) in [6.45, 7) is 11.5. The van der Waals surface area contributed by atoms with E-state index in [1.54, 1.807) is 57.9 Å². The van der Waals surface area contributed by atoms with Crippen LogP contribution < -0.4 is 37.1 Å². The third-order valence-corrected chi connectivity index (χ3v) is 13.6. The smallest absolute Gasteiger partial charge is 0.269 e. The van der Waals surface area contributed by atoms with Gasteiger partial charge in [-0.05, 0) is 184 Å². The molecule has 0 bridgehead atoms. The van der Waals surface area contributed by atoms with Gasteiger partial charge in [-0.15, -0.1) is 0 Å². The number of nitrogens with zero attached hydrogens (tertiary/aromatic N) is 5. The van der Waals surface area contributed by atoms with Gasteiger partial charge in [0.2, 0.25) is 11.1 Å². The molecule has 3 amide bonds. The largest absolute Gasteiger partial charge is 0.457 e. The van der Waals surface area contributed by atoms with Crippen molar-refractivity contribution in [1.29, 1.82) is 0 Å². The summed E-state index contributed by atoms with van der Waals surface area (Å²) in [5, 5.41) is 2.91. The Hall–Kier alpha value is -7.83. The van der Waals surface area contributed by atoms with Crippen LogP contribution in [0.2, 0.25) is 0 Å². The van der Waals surface area contributed by atoms with Gasteiger partial charge in [0, 0.05) is 49.1 Å². The van der Waals surface area contributed by atoms with Crippen LogP contribution in [0, 0.1) is 23.5 Å². The van der Waals surface area contributed by atoms with Crippen LogP contribution >= 0.6 is 11.6 Å². The van der Waals surface area contributed by atoms with Crippen LogP contribution in [-0.2, 0) is 9.59 Å². The number of fused-ring (bicyclic) bond motifs is 2. The molecule has 380 valence electrons. The van der Waals surface area contributed by atoms with Crippen LogP contribution in [0.5, 0.6) is 23.0 Å². The number of hydrogen-bond donors (Lipinski definition) is 5. The number of ether oxygens (including phenoxy) is 2. The van der Waals surface area contributed by atoms with E-state index in [1.807, 2.05) is 29.2 Å². The lowest BCUT2D eigenvalue weighted by Gasteiger charge is -2.37.